The maximum atomic E-state index is 10.7. The first-order valence-electron chi connectivity index (χ1n) is 5.19. The van der Waals surface area contributed by atoms with Crippen molar-refractivity contribution < 1.29 is 4.92 Å². The van der Waals surface area contributed by atoms with Crippen LogP contribution in [0.1, 0.15) is 11.1 Å². The summed E-state index contributed by atoms with van der Waals surface area (Å²) in [4.78, 5) is 10.1. The van der Waals surface area contributed by atoms with Crippen molar-refractivity contribution in [2.45, 2.75) is 13.5 Å². The minimum Gasteiger partial charge on any atom is -0.378 e. The highest BCUT2D eigenvalue weighted by atomic mass is 79.9. The van der Waals surface area contributed by atoms with Crippen LogP contribution in [0.25, 0.3) is 0 Å². The quantitative estimate of drug-likeness (QED) is 0.697. The van der Waals surface area contributed by atoms with Crippen LogP contribution in [0.5, 0.6) is 0 Å². The van der Waals surface area contributed by atoms with Crippen LogP contribution in [0.3, 0.4) is 0 Å². The van der Waals surface area contributed by atoms with Crippen LogP contribution in [-0.2, 0) is 6.54 Å². The van der Waals surface area contributed by atoms with Gasteiger partial charge in [-0.3, -0.25) is 10.1 Å². The summed E-state index contributed by atoms with van der Waals surface area (Å²) in [5, 5.41) is 14.6. The van der Waals surface area contributed by atoms with Crippen LogP contribution in [-0.4, -0.2) is 14.7 Å². The molecule has 2 aromatic rings. The number of aromatic nitrogens is 2. The molecule has 7 heteroatoms. The summed E-state index contributed by atoms with van der Waals surface area (Å²) in [6, 6.07) is 5.85. The first-order chi connectivity index (χ1) is 8.49. The highest BCUT2D eigenvalue weighted by Gasteiger charge is 2.17. The molecule has 0 saturated carbocycles. The van der Waals surface area contributed by atoms with Gasteiger partial charge in [-0.05, 0) is 24.1 Å². The third-order valence-corrected chi connectivity index (χ3v) is 3.48. The number of benzene rings is 1. The molecule has 2 N–H and O–H groups in total. The van der Waals surface area contributed by atoms with Crippen LogP contribution >= 0.6 is 15.9 Å². The van der Waals surface area contributed by atoms with Gasteiger partial charge in [-0.15, -0.1) is 0 Å². The fraction of sp³-hybridized carbons (Fsp3) is 0.182. The molecule has 18 heavy (non-hydrogen) atoms. The number of halogens is 1. The first-order valence-corrected chi connectivity index (χ1v) is 5.99. The predicted octanol–water partition coefficient (Wildman–Crippen LogP) is 2.49. The molecule has 0 saturated heterocycles. The molecule has 0 amide bonds. The number of anilines is 1. The molecule has 0 aliphatic rings. The number of aryl methyl sites for hydroxylation is 1. The molecule has 0 bridgehead atoms. The average Bonchev–Trinajstić information content (AvgIpc) is 2.66. The van der Waals surface area contributed by atoms with Crippen LogP contribution in [0.15, 0.2) is 28.9 Å². The Balaban J connectivity index is 2.29. The van der Waals surface area contributed by atoms with Gasteiger partial charge in [0.1, 0.15) is 6.20 Å². The zero-order chi connectivity index (χ0) is 13.3. The number of hydrogen-bond donors (Lipinski definition) is 1. The van der Waals surface area contributed by atoms with E-state index >= 15 is 0 Å². The van der Waals surface area contributed by atoms with Crippen molar-refractivity contribution in [2.75, 3.05) is 5.73 Å². The van der Waals surface area contributed by atoms with Gasteiger partial charge < -0.3 is 5.73 Å². The van der Waals surface area contributed by atoms with Gasteiger partial charge in [0, 0.05) is 4.47 Å². The van der Waals surface area contributed by atoms with Crippen LogP contribution < -0.4 is 5.73 Å². The number of nitrogens with two attached hydrogens (primary N) is 1. The number of hydrogen-bond acceptors (Lipinski definition) is 4. The molecule has 0 spiro atoms. The predicted molar refractivity (Wildman–Crippen MR) is 71.3 cm³/mol. The smallest absolute Gasteiger partial charge is 0.330 e. The second-order valence-electron chi connectivity index (χ2n) is 3.91. The van der Waals surface area contributed by atoms with Gasteiger partial charge in [0.15, 0.2) is 0 Å². The zero-order valence-corrected chi connectivity index (χ0v) is 11.2. The number of nitrogens with zero attached hydrogens (tertiary/aromatic N) is 3. The second kappa shape index (κ2) is 4.77. The normalized spacial score (nSPS) is 10.6. The molecule has 1 aromatic heterocycles. The molecule has 1 aromatic carbocycles. The minimum absolute atomic E-state index is 0.0664. The number of nitrogen functional groups attached to an aromatic ring is 1. The summed E-state index contributed by atoms with van der Waals surface area (Å²) in [5.41, 5.74) is 7.59. The number of nitro groups is 1. The Morgan fingerprint density at radius 1 is 1.56 bits per heavy atom. The third-order valence-electron chi connectivity index (χ3n) is 2.63. The van der Waals surface area contributed by atoms with Gasteiger partial charge >= 0.3 is 5.69 Å². The lowest BCUT2D eigenvalue weighted by Gasteiger charge is -2.05. The van der Waals surface area contributed by atoms with Crippen molar-refractivity contribution in [1.29, 1.82) is 0 Å². The highest BCUT2D eigenvalue weighted by molar-refractivity contribution is 9.10. The SMILES string of the molecule is Cc1ccc(Cn2ncc([N+](=O)[O-])c2N)cc1Br. The summed E-state index contributed by atoms with van der Waals surface area (Å²) in [7, 11) is 0. The average molecular weight is 311 g/mol. The summed E-state index contributed by atoms with van der Waals surface area (Å²) in [5.74, 6) is 0.0664. The van der Waals surface area contributed by atoms with Crippen molar-refractivity contribution in [3.63, 3.8) is 0 Å². The maximum absolute atomic E-state index is 10.7. The Hall–Kier alpha value is -1.89. The van der Waals surface area contributed by atoms with Crippen molar-refractivity contribution in [3.05, 3.63) is 50.1 Å². The van der Waals surface area contributed by atoms with E-state index in [2.05, 4.69) is 21.0 Å². The topological polar surface area (TPSA) is 87.0 Å². The lowest BCUT2D eigenvalue weighted by molar-refractivity contribution is -0.384. The van der Waals surface area contributed by atoms with Crippen molar-refractivity contribution in [2.24, 2.45) is 0 Å². The van der Waals surface area contributed by atoms with Crippen LogP contribution in [0, 0.1) is 17.0 Å². The van der Waals surface area contributed by atoms with Crippen molar-refractivity contribution in [1.82, 2.24) is 9.78 Å². The van der Waals surface area contributed by atoms with Crippen LogP contribution in [0.2, 0.25) is 0 Å². The summed E-state index contributed by atoms with van der Waals surface area (Å²) in [6.07, 6.45) is 1.17. The molecule has 0 radical (unpaired) electrons. The monoisotopic (exact) mass is 310 g/mol. The largest absolute Gasteiger partial charge is 0.378 e. The molecule has 94 valence electrons. The van der Waals surface area contributed by atoms with Gasteiger partial charge in [-0.1, -0.05) is 28.1 Å². The van der Waals surface area contributed by atoms with Gasteiger partial charge in [-0.25, -0.2) is 4.68 Å². The Morgan fingerprint density at radius 3 is 2.83 bits per heavy atom. The Labute approximate surface area is 112 Å². The molecule has 0 aliphatic heterocycles. The van der Waals surface area contributed by atoms with Gasteiger partial charge in [-0.2, -0.15) is 5.10 Å². The van der Waals surface area contributed by atoms with E-state index in [0.29, 0.717) is 6.54 Å². The molecular formula is C11H11BrN4O2. The highest BCUT2D eigenvalue weighted by Crippen LogP contribution is 2.22. The van der Waals surface area contributed by atoms with Gasteiger partial charge in [0.2, 0.25) is 5.82 Å². The van der Waals surface area contributed by atoms with E-state index in [1.807, 2.05) is 25.1 Å². The molecule has 0 atom stereocenters. The fourth-order valence-corrected chi connectivity index (χ4v) is 1.99. The zero-order valence-electron chi connectivity index (χ0n) is 9.63. The molecule has 1 heterocycles. The van der Waals surface area contributed by atoms with E-state index < -0.39 is 4.92 Å². The Morgan fingerprint density at radius 2 is 2.28 bits per heavy atom. The van der Waals surface area contributed by atoms with Gasteiger partial charge in [0.25, 0.3) is 0 Å². The fourth-order valence-electron chi connectivity index (χ4n) is 1.56. The molecule has 2 rings (SSSR count). The van der Waals surface area contributed by atoms with E-state index in [0.717, 1.165) is 15.6 Å². The van der Waals surface area contributed by atoms with E-state index in [4.69, 9.17) is 5.73 Å². The number of rotatable bonds is 3. The standard InChI is InChI=1S/C11H11BrN4O2/c1-7-2-3-8(4-9(7)12)6-15-11(13)10(5-14-15)16(17)18/h2-5H,6,13H2,1H3. The molecule has 0 fully saturated rings. The summed E-state index contributed by atoms with van der Waals surface area (Å²) in [6.45, 7) is 2.39. The lowest BCUT2D eigenvalue weighted by atomic mass is 10.1. The minimum atomic E-state index is -0.538. The Bertz CT molecular complexity index is 609. The third kappa shape index (κ3) is 2.35. The van der Waals surface area contributed by atoms with Crippen LogP contribution in [0.4, 0.5) is 11.5 Å². The van der Waals surface area contributed by atoms with Gasteiger partial charge in [0.05, 0.1) is 11.5 Å². The molecule has 0 unspecified atom stereocenters. The molecule has 6 nitrogen and oxygen atoms in total. The summed E-state index contributed by atoms with van der Waals surface area (Å²) >= 11 is 3.44. The second-order valence-corrected chi connectivity index (χ2v) is 4.77. The van der Waals surface area contributed by atoms with E-state index in [9.17, 15) is 10.1 Å². The van der Waals surface area contributed by atoms with Crippen molar-refractivity contribution in [3.8, 4) is 0 Å². The molecular weight excluding hydrogens is 300 g/mol. The lowest BCUT2D eigenvalue weighted by Crippen LogP contribution is -2.06. The molecule has 0 aliphatic carbocycles. The van der Waals surface area contributed by atoms with E-state index in [1.165, 1.54) is 10.9 Å². The summed E-state index contributed by atoms with van der Waals surface area (Å²) < 4.78 is 2.40. The maximum Gasteiger partial charge on any atom is 0.330 e. The van der Waals surface area contributed by atoms with E-state index in [-0.39, 0.29) is 11.5 Å². The first kappa shape index (κ1) is 12.6. The van der Waals surface area contributed by atoms with E-state index in [1.54, 1.807) is 0 Å². The van der Waals surface area contributed by atoms with Crippen molar-refractivity contribution >= 4 is 27.4 Å². The Kier molecular flexibility index (Phi) is 3.33.